The molecule has 0 fully saturated rings. The molecule has 1 aromatic heterocycles. The highest BCUT2D eigenvalue weighted by Gasteiger charge is 2.19. The first-order valence-electron chi connectivity index (χ1n) is 9.49. The maximum Gasteiger partial charge on any atom is 0.250 e. The number of rotatable bonds is 4. The lowest BCUT2D eigenvalue weighted by molar-refractivity contribution is -0.115. The third-order valence-electron chi connectivity index (χ3n) is 4.99. The number of carbonyl (C=O) groups is 1. The molecule has 0 aliphatic carbocycles. The van der Waals surface area contributed by atoms with Crippen LogP contribution in [0.25, 0.3) is 27.7 Å². The standard InChI is InChI=1S/C23H21ClN2O3S/c1-13(10-20(27)26-23-25-8-9-30-23)17-11-18-19(15-4-6-16(24)7-5-15)12-29-22(18)14(2)21(17)28-3/h4-7,10-12H,8-9H2,1-3H3,(H,25,26,27)/b13-10+. The molecule has 0 atom stereocenters. The number of nitrogens with zero attached hydrogens (tertiary/aromatic N) is 1. The molecule has 30 heavy (non-hydrogen) atoms. The van der Waals surface area contributed by atoms with Crippen LogP contribution in [0, 0.1) is 6.92 Å². The Balaban J connectivity index is 1.78. The molecule has 4 rings (SSSR count). The minimum atomic E-state index is -0.203. The van der Waals surface area contributed by atoms with Crippen LogP contribution in [-0.4, -0.2) is 30.5 Å². The van der Waals surface area contributed by atoms with Crippen molar-refractivity contribution < 1.29 is 13.9 Å². The highest BCUT2D eigenvalue weighted by atomic mass is 35.5. The quantitative estimate of drug-likeness (QED) is 0.529. The van der Waals surface area contributed by atoms with Crippen molar-refractivity contribution in [3.63, 3.8) is 0 Å². The number of amidine groups is 1. The molecule has 0 unspecified atom stereocenters. The summed E-state index contributed by atoms with van der Waals surface area (Å²) in [6.07, 6.45) is 3.32. The van der Waals surface area contributed by atoms with E-state index in [4.69, 9.17) is 20.8 Å². The van der Waals surface area contributed by atoms with E-state index < -0.39 is 0 Å². The molecule has 1 amide bonds. The zero-order chi connectivity index (χ0) is 21.3. The molecule has 1 aliphatic heterocycles. The summed E-state index contributed by atoms with van der Waals surface area (Å²) < 4.78 is 11.6. The summed E-state index contributed by atoms with van der Waals surface area (Å²) in [6.45, 7) is 4.59. The maximum absolute atomic E-state index is 12.4. The van der Waals surface area contributed by atoms with E-state index in [0.29, 0.717) is 15.9 Å². The highest BCUT2D eigenvalue weighted by molar-refractivity contribution is 8.14. The van der Waals surface area contributed by atoms with Crippen LogP contribution in [0.1, 0.15) is 18.1 Å². The van der Waals surface area contributed by atoms with Gasteiger partial charge in [-0.2, -0.15) is 0 Å². The minimum absolute atomic E-state index is 0.203. The Morgan fingerprint density at radius 2 is 2.10 bits per heavy atom. The predicted molar refractivity (Wildman–Crippen MR) is 125 cm³/mol. The summed E-state index contributed by atoms with van der Waals surface area (Å²) in [5.41, 5.74) is 5.24. The van der Waals surface area contributed by atoms with Crippen molar-refractivity contribution in [3.8, 4) is 16.9 Å². The number of hydrogen-bond donors (Lipinski definition) is 1. The SMILES string of the molecule is COc1c(/C(C)=C/C(=O)NC2=NCCS2)cc2c(-c3ccc(Cl)cc3)coc2c1C. The molecule has 0 radical (unpaired) electrons. The summed E-state index contributed by atoms with van der Waals surface area (Å²) in [6, 6.07) is 9.64. The van der Waals surface area contributed by atoms with Gasteiger partial charge < -0.3 is 14.5 Å². The second kappa shape index (κ2) is 8.58. The van der Waals surface area contributed by atoms with E-state index in [-0.39, 0.29) is 5.91 Å². The van der Waals surface area contributed by atoms with Crippen molar-refractivity contribution in [2.24, 2.45) is 4.99 Å². The van der Waals surface area contributed by atoms with Gasteiger partial charge in [0.2, 0.25) is 5.91 Å². The fourth-order valence-corrected chi connectivity index (χ4v) is 4.41. The number of allylic oxidation sites excluding steroid dienone is 1. The monoisotopic (exact) mass is 440 g/mol. The number of halogens is 1. The summed E-state index contributed by atoms with van der Waals surface area (Å²) in [7, 11) is 1.62. The van der Waals surface area contributed by atoms with Crippen molar-refractivity contribution in [2.75, 3.05) is 19.4 Å². The van der Waals surface area contributed by atoms with E-state index in [2.05, 4.69) is 10.3 Å². The number of nitrogens with one attached hydrogen (secondary N) is 1. The van der Waals surface area contributed by atoms with E-state index in [1.54, 1.807) is 31.2 Å². The third-order valence-corrected chi connectivity index (χ3v) is 6.13. The molecule has 3 aromatic rings. The average Bonchev–Trinajstić information content (AvgIpc) is 3.38. The van der Waals surface area contributed by atoms with Gasteiger partial charge in [-0.15, -0.1) is 0 Å². The zero-order valence-corrected chi connectivity index (χ0v) is 18.5. The van der Waals surface area contributed by atoms with Gasteiger partial charge in [-0.25, -0.2) is 0 Å². The van der Waals surface area contributed by atoms with Crippen molar-refractivity contribution in [1.82, 2.24) is 5.32 Å². The second-order valence-corrected chi connectivity index (χ2v) is 8.49. The summed E-state index contributed by atoms with van der Waals surface area (Å²) in [5.74, 6) is 1.38. The molecular formula is C23H21ClN2O3S. The normalized spacial score (nSPS) is 14.1. The lowest BCUT2D eigenvalue weighted by Crippen LogP contribution is -2.25. The van der Waals surface area contributed by atoms with E-state index in [9.17, 15) is 4.79 Å². The van der Waals surface area contributed by atoms with Gasteiger partial charge in [0.15, 0.2) is 5.17 Å². The second-order valence-electron chi connectivity index (χ2n) is 6.97. The van der Waals surface area contributed by atoms with Gasteiger partial charge in [-0.3, -0.25) is 9.79 Å². The molecule has 0 bridgehead atoms. The average molecular weight is 441 g/mol. The van der Waals surface area contributed by atoms with Gasteiger partial charge in [0.25, 0.3) is 0 Å². The Hall–Kier alpha value is -2.70. The Morgan fingerprint density at radius 1 is 1.33 bits per heavy atom. The Labute approximate surface area is 184 Å². The number of carbonyl (C=O) groups excluding carboxylic acids is 1. The number of furan rings is 1. The Bertz CT molecular complexity index is 1180. The summed E-state index contributed by atoms with van der Waals surface area (Å²) in [4.78, 5) is 16.7. The molecule has 0 saturated carbocycles. The first-order chi connectivity index (χ1) is 14.5. The van der Waals surface area contributed by atoms with Crippen LogP contribution < -0.4 is 10.1 Å². The number of benzene rings is 2. The van der Waals surface area contributed by atoms with Gasteiger partial charge in [0, 0.05) is 38.9 Å². The number of aryl methyl sites for hydroxylation is 1. The Morgan fingerprint density at radius 3 is 2.77 bits per heavy atom. The van der Waals surface area contributed by atoms with Gasteiger partial charge in [0.1, 0.15) is 11.3 Å². The van der Waals surface area contributed by atoms with Gasteiger partial charge in [0.05, 0.1) is 19.9 Å². The van der Waals surface area contributed by atoms with Crippen LogP contribution >= 0.6 is 23.4 Å². The third kappa shape index (κ3) is 3.98. The van der Waals surface area contributed by atoms with Crippen molar-refractivity contribution in [2.45, 2.75) is 13.8 Å². The van der Waals surface area contributed by atoms with Crippen LogP contribution in [0.5, 0.6) is 5.75 Å². The fraction of sp³-hybridized carbons (Fsp3) is 0.217. The van der Waals surface area contributed by atoms with Gasteiger partial charge in [-0.05, 0) is 43.2 Å². The van der Waals surface area contributed by atoms with Crippen molar-refractivity contribution in [3.05, 3.63) is 58.8 Å². The summed E-state index contributed by atoms with van der Waals surface area (Å²) in [5, 5.41) is 5.13. The maximum atomic E-state index is 12.4. The number of hydrogen-bond acceptors (Lipinski definition) is 5. The lowest BCUT2D eigenvalue weighted by atomic mass is 9.96. The molecule has 2 aromatic carbocycles. The molecule has 5 nitrogen and oxygen atoms in total. The number of aliphatic imine (C=N–C) groups is 1. The number of thioether (sulfide) groups is 1. The smallest absolute Gasteiger partial charge is 0.250 e. The van der Waals surface area contributed by atoms with Gasteiger partial charge >= 0.3 is 0 Å². The largest absolute Gasteiger partial charge is 0.496 e. The molecule has 1 aliphatic rings. The molecule has 0 saturated heterocycles. The zero-order valence-electron chi connectivity index (χ0n) is 16.9. The molecule has 2 heterocycles. The van der Waals surface area contributed by atoms with E-state index in [1.807, 2.05) is 44.2 Å². The van der Waals surface area contributed by atoms with Crippen LogP contribution in [0.3, 0.4) is 0 Å². The minimum Gasteiger partial charge on any atom is -0.496 e. The number of methoxy groups -OCH3 is 1. The molecule has 7 heteroatoms. The lowest BCUT2D eigenvalue weighted by Gasteiger charge is -2.13. The molecular weight excluding hydrogens is 420 g/mol. The van der Waals surface area contributed by atoms with E-state index in [1.165, 1.54) is 0 Å². The van der Waals surface area contributed by atoms with Crippen LogP contribution in [0.15, 0.2) is 52.1 Å². The molecule has 0 spiro atoms. The first kappa shape index (κ1) is 20.6. The number of fused-ring (bicyclic) bond motifs is 1. The van der Waals surface area contributed by atoms with Gasteiger partial charge in [-0.1, -0.05) is 35.5 Å². The fourth-order valence-electron chi connectivity index (χ4n) is 3.55. The van der Waals surface area contributed by atoms with Crippen LogP contribution in [0.4, 0.5) is 0 Å². The van der Waals surface area contributed by atoms with E-state index >= 15 is 0 Å². The van der Waals surface area contributed by atoms with Crippen LogP contribution in [0.2, 0.25) is 5.02 Å². The Kier molecular flexibility index (Phi) is 5.88. The first-order valence-corrected chi connectivity index (χ1v) is 10.9. The van der Waals surface area contributed by atoms with Crippen molar-refractivity contribution in [1.29, 1.82) is 0 Å². The molecule has 154 valence electrons. The van der Waals surface area contributed by atoms with Crippen molar-refractivity contribution >= 4 is 51.0 Å². The number of ether oxygens (including phenoxy) is 1. The topological polar surface area (TPSA) is 63.8 Å². The number of amides is 1. The highest BCUT2D eigenvalue weighted by Crippen LogP contribution is 2.40. The predicted octanol–water partition coefficient (Wildman–Crippen LogP) is 5.69. The van der Waals surface area contributed by atoms with Crippen LogP contribution in [-0.2, 0) is 4.79 Å². The van der Waals surface area contributed by atoms with E-state index in [0.717, 1.165) is 51.1 Å². The summed E-state index contributed by atoms with van der Waals surface area (Å²) >= 11 is 7.59. The molecule has 1 N–H and O–H groups in total.